The third-order valence-corrected chi connectivity index (χ3v) is 4.75. The van der Waals surface area contributed by atoms with Gasteiger partial charge in [-0.1, -0.05) is 12.1 Å². The van der Waals surface area contributed by atoms with Gasteiger partial charge in [-0.15, -0.1) is 0 Å². The van der Waals surface area contributed by atoms with Crippen LogP contribution < -0.4 is 10.1 Å². The number of hydrogen-bond acceptors (Lipinski definition) is 1. The normalized spacial score (nSPS) is 15.2. The van der Waals surface area contributed by atoms with E-state index in [1.165, 1.54) is 42.4 Å². The van der Waals surface area contributed by atoms with Gasteiger partial charge in [0.05, 0.1) is 0 Å². The topological polar surface area (TPSA) is 25.8 Å². The molecule has 0 unspecified atom stereocenters. The highest BCUT2D eigenvalue weighted by Crippen LogP contribution is 2.24. The Morgan fingerprint density at radius 1 is 1.00 bits per heavy atom. The third-order valence-electron chi connectivity index (χ3n) is 4.75. The fourth-order valence-electron chi connectivity index (χ4n) is 3.29. The summed E-state index contributed by atoms with van der Waals surface area (Å²) in [4.78, 5) is 0. The highest BCUT2D eigenvalue weighted by Gasteiger charge is 2.14. The van der Waals surface area contributed by atoms with Crippen LogP contribution in [-0.2, 0) is 19.4 Å². The number of quaternary nitrogens is 1. The number of aryl methyl sites for hydroxylation is 2. The third kappa shape index (κ3) is 4.32. The van der Waals surface area contributed by atoms with E-state index in [2.05, 4.69) is 35.2 Å². The first-order valence-corrected chi connectivity index (χ1v) is 8.60. The molecule has 0 aromatic heterocycles. The summed E-state index contributed by atoms with van der Waals surface area (Å²) in [6.45, 7) is 0.248. The highest BCUT2D eigenvalue weighted by atomic mass is 19.3. The molecule has 0 saturated carbocycles. The van der Waals surface area contributed by atoms with Gasteiger partial charge >= 0.3 is 6.61 Å². The zero-order valence-corrected chi connectivity index (χ0v) is 14.0. The van der Waals surface area contributed by atoms with E-state index in [1.54, 1.807) is 12.1 Å². The molecule has 0 amide bonds. The molecule has 1 aliphatic rings. The smallest absolute Gasteiger partial charge is 0.387 e. The van der Waals surface area contributed by atoms with Crippen molar-refractivity contribution in [3.8, 4) is 5.75 Å². The molecule has 0 heterocycles. The standard InChI is InChI=1S/C20H23F2NO/c1-14(17-9-8-16-4-2-3-5-18(16)12-17)23-13-15-6-10-19(11-7-15)24-20(21)22/h6-12,14,20,23H,2-5,13H2,1H3/p+1/t14-/m1/s1. The number of fused-ring (bicyclic) bond motifs is 1. The van der Waals surface area contributed by atoms with Crippen LogP contribution >= 0.6 is 0 Å². The maximum Gasteiger partial charge on any atom is 0.387 e. The molecule has 2 nitrogen and oxygen atoms in total. The van der Waals surface area contributed by atoms with E-state index < -0.39 is 6.61 Å². The van der Waals surface area contributed by atoms with E-state index in [0.29, 0.717) is 6.04 Å². The summed E-state index contributed by atoms with van der Waals surface area (Å²) in [7, 11) is 0. The van der Waals surface area contributed by atoms with Crippen LogP contribution in [-0.4, -0.2) is 6.61 Å². The first-order valence-electron chi connectivity index (χ1n) is 8.60. The molecule has 0 fully saturated rings. The average Bonchev–Trinajstić information content (AvgIpc) is 2.60. The van der Waals surface area contributed by atoms with Crippen LogP contribution in [0.5, 0.6) is 5.75 Å². The molecule has 128 valence electrons. The summed E-state index contributed by atoms with van der Waals surface area (Å²) >= 11 is 0. The first-order chi connectivity index (χ1) is 11.6. The summed E-state index contributed by atoms with van der Waals surface area (Å²) in [6, 6.07) is 14.1. The largest absolute Gasteiger partial charge is 0.435 e. The van der Waals surface area contributed by atoms with E-state index in [4.69, 9.17) is 0 Å². The second-order valence-electron chi connectivity index (χ2n) is 6.49. The van der Waals surface area contributed by atoms with Crippen molar-refractivity contribution in [2.24, 2.45) is 0 Å². The van der Waals surface area contributed by atoms with Gasteiger partial charge in [-0.3, -0.25) is 0 Å². The Morgan fingerprint density at radius 2 is 1.71 bits per heavy atom. The molecule has 0 aliphatic heterocycles. The van der Waals surface area contributed by atoms with Gasteiger partial charge in [0, 0.05) is 11.1 Å². The summed E-state index contributed by atoms with van der Waals surface area (Å²) in [5, 5.41) is 2.27. The lowest BCUT2D eigenvalue weighted by Crippen LogP contribution is -2.83. The molecule has 1 atom stereocenters. The lowest BCUT2D eigenvalue weighted by atomic mass is 9.89. The molecule has 2 aromatic carbocycles. The lowest BCUT2D eigenvalue weighted by molar-refractivity contribution is -0.707. The Hall–Kier alpha value is -1.94. The van der Waals surface area contributed by atoms with Crippen LogP contribution in [0.4, 0.5) is 8.78 Å². The van der Waals surface area contributed by atoms with Gasteiger partial charge in [-0.05, 0) is 74.1 Å². The highest BCUT2D eigenvalue weighted by molar-refractivity contribution is 5.34. The summed E-state index contributed by atoms with van der Waals surface area (Å²) in [5.41, 5.74) is 5.47. The van der Waals surface area contributed by atoms with Crippen LogP contribution in [0.25, 0.3) is 0 Å². The molecule has 0 bridgehead atoms. The molecule has 0 saturated heterocycles. The predicted molar refractivity (Wildman–Crippen MR) is 90.2 cm³/mol. The number of nitrogens with two attached hydrogens (primary N) is 1. The van der Waals surface area contributed by atoms with Crippen LogP contribution in [0.1, 0.15) is 48.1 Å². The van der Waals surface area contributed by atoms with E-state index in [9.17, 15) is 8.78 Å². The van der Waals surface area contributed by atoms with Gasteiger partial charge in [0.15, 0.2) is 0 Å². The summed E-state index contributed by atoms with van der Waals surface area (Å²) in [5.74, 6) is 0.205. The van der Waals surface area contributed by atoms with Crippen LogP contribution in [0, 0.1) is 0 Å². The van der Waals surface area contributed by atoms with E-state index >= 15 is 0 Å². The van der Waals surface area contributed by atoms with Crippen molar-refractivity contribution >= 4 is 0 Å². The Bertz CT molecular complexity index is 670. The minimum atomic E-state index is -2.77. The molecule has 2 N–H and O–H groups in total. The Balaban J connectivity index is 1.58. The van der Waals surface area contributed by atoms with Gasteiger partial charge in [-0.2, -0.15) is 8.78 Å². The Morgan fingerprint density at radius 3 is 2.42 bits per heavy atom. The molecule has 0 radical (unpaired) electrons. The molecule has 3 rings (SSSR count). The van der Waals surface area contributed by atoms with Gasteiger partial charge < -0.3 is 10.1 Å². The molecular formula is C20H24F2NO+. The fraction of sp³-hybridized carbons (Fsp3) is 0.400. The lowest BCUT2D eigenvalue weighted by Gasteiger charge is -2.18. The zero-order chi connectivity index (χ0) is 16.9. The van der Waals surface area contributed by atoms with E-state index in [-0.39, 0.29) is 5.75 Å². The molecule has 2 aromatic rings. The monoisotopic (exact) mass is 332 g/mol. The SMILES string of the molecule is C[C@@H]([NH2+]Cc1ccc(OC(F)F)cc1)c1ccc2c(c1)CCCC2. The zero-order valence-electron chi connectivity index (χ0n) is 14.0. The second kappa shape index (κ2) is 7.75. The Labute approximate surface area is 141 Å². The van der Waals surface area contributed by atoms with Crippen molar-refractivity contribution in [3.05, 3.63) is 64.7 Å². The van der Waals surface area contributed by atoms with Crippen molar-refractivity contribution < 1.29 is 18.8 Å². The first kappa shape index (κ1) is 16.9. The maximum absolute atomic E-state index is 12.2. The van der Waals surface area contributed by atoms with E-state index in [1.807, 2.05) is 12.1 Å². The quantitative estimate of drug-likeness (QED) is 0.850. The summed E-state index contributed by atoms with van der Waals surface area (Å²) < 4.78 is 28.7. The van der Waals surface area contributed by atoms with Crippen molar-refractivity contribution in [2.45, 2.75) is 51.8 Å². The molecule has 0 spiro atoms. The van der Waals surface area contributed by atoms with Gasteiger partial charge in [0.1, 0.15) is 18.3 Å². The minimum Gasteiger partial charge on any atom is -0.435 e. The number of benzene rings is 2. The van der Waals surface area contributed by atoms with Gasteiger partial charge in [0.2, 0.25) is 0 Å². The van der Waals surface area contributed by atoms with Crippen LogP contribution in [0.15, 0.2) is 42.5 Å². The van der Waals surface area contributed by atoms with Crippen LogP contribution in [0.3, 0.4) is 0 Å². The fourth-order valence-corrected chi connectivity index (χ4v) is 3.29. The summed E-state index contributed by atoms with van der Waals surface area (Å²) in [6.07, 6.45) is 5.00. The number of hydrogen-bond donors (Lipinski definition) is 1. The predicted octanol–water partition coefficient (Wildman–Crippen LogP) is 3.99. The molecule has 1 aliphatic carbocycles. The molecule has 24 heavy (non-hydrogen) atoms. The number of ether oxygens (including phenoxy) is 1. The average molecular weight is 332 g/mol. The molecule has 4 heteroatoms. The van der Waals surface area contributed by atoms with Crippen LogP contribution in [0.2, 0.25) is 0 Å². The molecular weight excluding hydrogens is 308 g/mol. The van der Waals surface area contributed by atoms with Gasteiger partial charge in [-0.25, -0.2) is 0 Å². The van der Waals surface area contributed by atoms with Crippen molar-refractivity contribution in [2.75, 3.05) is 0 Å². The number of rotatable bonds is 6. The number of alkyl halides is 2. The van der Waals surface area contributed by atoms with Crippen molar-refractivity contribution in [1.82, 2.24) is 0 Å². The van der Waals surface area contributed by atoms with Crippen molar-refractivity contribution in [3.63, 3.8) is 0 Å². The minimum absolute atomic E-state index is 0.205. The number of halogens is 2. The Kier molecular flexibility index (Phi) is 5.46. The van der Waals surface area contributed by atoms with E-state index in [0.717, 1.165) is 12.1 Å². The maximum atomic E-state index is 12.2. The van der Waals surface area contributed by atoms with Crippen molar-refractivity contribution in [1.29, 1.82) is 0 Å². The van der Waals surface area contributed by atoms with Gasteiger partial charge in [0.25, 0.3) is 0 Å². The second-order valence-corrected chi connectivity index (χ2v) is 6.49.